The number of aliphatic hydroxyl groups excluding tert-OH is 1. The topological polar surface area (TPSA) is 29.5 Å². The van der Waals surface area contributed by atoms with Gasteiger partial charge in [0.25, 0.3) is 0 Å². The molecule has 0 atom stereocenters. The van der Waals surface area contributed by atoms with E-state index in [4.69, 9.17) is 5.11 Å². The Balaban J connectivity index is 2.53. The van der Waals surface area contributed by atoms with Gasteiger partial charge in [0.2, 0.25) is 0 Å². The second-order valence-electron chi connectivity index (χ2n) is 1.23. The number of hydrogen-bond acceptors (Lipinski definition) is 3. The van der Waals surface area contributed by atoms with E-state index in [9.17, 15) is 0 Å². The van der Waals surface area contributed by atoms with Crippen LogP contribution in [0, 0.1) is 0 Å². The van der Waals surface area contributed by atoms with Crippen molar-refractivity contribution < 1.29 is 9.84 Å². The highest BCUT2D eigenvalue weighted by molar-refractivity contribution is 7.99. The second kappa shape index (κ2) is 7.27. The Morgan fingerprint density at radius 1 is 1.62 bits per heavy atom. The van der Waals surface area contributed by atoms with Crippen LogP contribution in [0.15, 0.2) is 0 Å². The van der Waals surface area contributed by atoms with Crippen molar-refractivity contribution in [2.75, 3.05) is 24.9 Å². The zero-order valence-electron chi connectivity index (χ0n) is 5.09. The van der Waals surface area contributed by atoms with Crippen LogP contribution >= 0.6 is 11.8 Å². The maximum absolute atomic E-state index is 8.13. The van der Waals surface area contributed by atoms with E-state index in [-0.39, 0.29) is 6.79 Å². The SMILES string of the molecule is CCSCCOCO. The molecule has 0 saturated carbocycles. The molecular weight excluding hydrogens is 124 g/mol. The standard InChI is InChI=1S/C5H12O2S/c1-2-8-4-3-7-5-6/h6H,2-5H2,1H3. The molecule has 0 aromatic heterocycles. The summed E-state index contributed by atoms with van der Waals surface area (Å²) in [6.07, 6.45) is 0. The Morgan fingerprint density at radius 3 is 2.88 bits per heavy atom. The maximum Gasteiger partial charge on any atom is 0.143 e. The lowest BCUT2D eigenvalue weighted by atomic mass is 10.9. The number of hydrogen-bond donors (Lipinski definition) is 1. The number of aliphatic hydroxyl groups is 1. The van der Waals surface area contributed by atoms with Crippen molar-refractivity contribution in [2.45, 2.75) is 6.92 Å². The van der Waals surface area contributed by atoms with E-state index in [1.165, 1.54) is 0 Å². The molecular formula is C5H12O2S. The monoisotopic (exact) mass is 136 g/mol. The number of rotatable bonds is 5. The van der Waals surface area contributed by atoms with Crippen LogP contribution in [-0.2, 0) is 4.74 Å². The molecule has 0 aromatic carbocycles. The van der Waals surface area contributed by atoms with Crippen LogP contribution < -0.4 is 0 Å². The van der Waals surface area contributed by atoms with Gasteiger partial charge >= 0.3 is 0 Å². The van der Waals surface area contributed by atoms with E-state index < -0.39 is 0 Å². The van der Waals surface area contributed by atoms with Crippen LogP contribution in [0.5, 0.6) is 0 Å². The largest absolute Gasteiger partial charge is 0.371 e. The highest BCUT2D eigenvalue weighted by atomic mass is 32.2. The summed E-state index contributed by atoms with van der Waals surface area (Å²) < 4.78 is 4.67. The molecule has 3 heteroatoms. The van der Waals surface area contributed by atoms with E-state index in [0.717, 1.165) is 11.5 Å². The van der Waals surface area contributed by atoms with Crippen LogP contribution in [0.3, 0.4) is 0 Å². The van der Waals surface area contributed by atoms with Crippen molar-refractivity contribution in [1.82, 2.24) is 0 Å². The Kier molecular flexibility index (Phi) is 7.52. The third kappa shape index (κ3) is 6.27. The Bertz CT molecular complexity index is 35.4. The highest BCUT2D eigenvalue weighted by Crippen LogP contribution is 1.96. The number of thioether (sulfide) groups is 1. The van der Waals surface area contributed by atoms with Crippen LogP contribution in [0.1, 0.15) is 6.92 Å². The van der Waals surface area contributed by atoms with Gasteiger partial charge in [0.05, 0.1) is 6.61 Å². The van der Waals surface area contributed by atoms with E-state index in [1.54, 1.807) is 0 Å². The maximum atomic E-state index is 8.13. The lowest BCUT2D eigenvalue weighted by molar-refractivity contribution is 0.00672. The first-order chi connectivity index (χ1) is 3.91. The molecule has 0 aliphatic heterocycles. The van der Waals surface area contributed by atoms with Gasteiger partial charge in [-0.1, -0.05) is 6.92 Å². The molecule has 0 fully saturated rings. The molecule has 50 valence electrons. The van der Waals surface area contributed by atoms with Gasteiger partial charge < -0.3 is 9.84 Å². The first-order valence-corrected chi connectivity index (χ1v) is 3.83. The summed E-state index contributed by atoms with van der Waals surface area (Å²) in [5.74, 6) is 2.10. The molecule has 0 radical (unpaired) electrons. The molecule has 0 spiro atoms. The summed E-state index contributed by atoms with van der Waals surface area (Å²) in [5.41, 5.74) is 0. The molecule has 0 aromatic rings. The van der Waals surface area contributed by atoms with Crippen molar-refractivity contribution in [1.29, 1.82) is 0 Å². The summed E-state index contributed by atoms with van der Waals surface area (Å²) in [7, 11) is 0. The van der Waals surface area contributed by atoms with Crippen molar-refractivity contribution in [2.24, 2.45) is 0 Å². The van der Waals surface area contributed by atoms with Crippen molar-refractivity contribution in [3.05, 3.63) is 0 Å². The molecule has 0 amide bonds. The van der Waals surface area contributed by atoms with Gasteiger partial charge in [0, 0.05) is 5.75 Å². The summed E-state index contributed by atoms with van der Waals surface area (Å²) in [4.78, 5) is 0. The van der Waals surface area contributed by atoms with E-state index in [2.05, 4.69) is 11.7 Å². The van der Waals surface area contributed by atoms with Gasteiger partial charge in [-0.2, -0.15) is 11.8 Å². The van der Waals surface area contributed by atoms with Crippen LogP contribution in [0.25, 0.3) is 0 Å². The zero-order valence-corrected chi connectivity index (χ0v) is 5.91. The Morgan fingerprint density at radius 2 is 2.38 bits per heavy atom. The number of ether oxygens (including phenoxy) is 1. The lowest BCUT2D eigenvalue weighted by Crippen LogP contribution is -1.97. The van der Waals surface area contributed by atoms with Gasteiger partial charge in [-0.25, -0.2) is 0 Å². The highest BCUT2D eigenvalue weighted by Gasteiger charge is 1.82. The van der Waals surface area contributed by atoms with E-state index in [0.29, 0.717) is 6.61 Å². The quantitative estimate of drug-likeness (QED) is 0.446. The van der Waals surface area contributed by atoms with E-state index >= 15 is 0 Å². The fourth-order valence-corrected chi connectivity index (χ4v) is 0.851. The third-order valence-electron chi connectivity index (χ3n) is 0.667. The van der Waals surface area contributed by atoms with Crippen LogP contribution in [-0.4, -0.2) is 30.0 Å². The Hall–Kier alpha value is 0.270. The minimum absolute atomic E-state index is 0.149. The molecule has 2 nitrogen and oxygen atoms in total. The zero-order chi connectivity index (χ0) is 6.24. The van der Waals surface area contributed by atoms with Gasteiger partial charge in [0.1, 0.15) is 6.79 Å². The minimum Gasteiger partial charge on any atom is -0.371 e. The first kappa shape index (κ1) is 8.27. The lowest BCUT2D eigenvalue weighted by Gasteiger charge is -1.96. The summed E-state index contributed by atoms with van der Waals surface area (Å²) in [6, 6.07) is 0. The van der Waals surface area contributed by atoms with Crippen LogP contribution in [0.4, 0.5) is 0 Å². The second-order valence-corrected chi connectivity index (χ2v) is 2.63. The van der Waals surface area contributed by atoms with E-state index in [1.807, 2.05) is 11.8 Å². The molecule has 0 saturated heterocycles. The molecule has 0 aliphatic rings. The average Bonchev–Trinajstić information content (AvgIpc) is 1.81. The smallest absolute Gasteiger partial charge is 0.143 e. The molecule has 0 aliphatic carbocycles. The summed E-state index contributed by atoms with van der Waals surface area (Å²) in [5, 5.41) is 8.13. The predicted octanol–water partition coefficient (Wildman–Crippen LogP) is 0.706. The average molecular weight is 136 g/mol. The fraction of sp³-hybridized carbons (Fsp3) is 1.00. The predicted molar refractivity (Wildman–Crippen MR) is 36.0 cm³/mol. The van der Waals surface area contributed by atoms with Crippen molar-refractivity contribution in [3.63, 3.8) is 0 Å². The minimum atomic E-state index is -0.149. The molecule has 1 N–H and O–H groups in total. The molecule has 0 rings (SSSR count). The normalized spacial score (nSPS) is 9.75. The summed E-state index contributed by atoms with van der Waals surface area (Å²) in [6.45, 7) is 2.61. The van der Waals surface area contributed by atoms with Gasteiger partial charge in [0.15, 0.2) is 0 Å². The first-order valence-electron chi connectivity index (χ1n) is 2.68. The van der Waals surface area contributed by atoms with Gasteiger partial charge in [-0.3, -0.25) is 0 Å². The molecule has 0 unspecified atom stereocenters. The van der Waals surface area contributed by atoms with Crippen molar-refractivity contribution >= 4 is 11.8 Å². The molecule has 0 bridgehead atoms. The van der Waals surface area contributed by atoms with Gasteiger partial charge in [-0.15, -0.1) is 0 Å². The fourth-order valence-electron chi connectivity index (χ4n) is 0.327. The Labute approximate surface area is 54.2 Å². The van der Waals surface area contributed by atoms with Gasteiger partial charge in [-0.05, 0) is 5.75 Å². The third-order valence-corrected chi connectivity index (χ3v) is 1.53. The van der Waals surface area contributed by atoms with Crippen LogP contribution in [0.2, 0.25) is 0 Å². The molecule has 0 heterocycles. The molecule has 8 heavy (non-hydrogen) atoms. The summed E-state index contributed by atoms with van der Waals surface area (Å²) >= 11 is 1.81. The van der Waals surface area contributed by atoms with Crippen molar-refractivity contribution in [3.8, 4) is 0 Å².